The number of aromatic nitrogens is 2. The molecule has 130 valence electrons. The van der Waals surface area contributed by atoms with Gasteiger partial charge in [0.05, 0.1) is 17.6 Å². The zero-order valence-corrected chi connectivity index (χ0v) is 13.2. The highest BCUT2D eigenvalue weighted by Gasteiger charge is 2.45. The summed E-state index contributed by atoms with van der Waals surface area (Å²) in [5, 5.41) is 7.74. The standard InChI is InChI=1S/C17H20F3N3O/c18-17(19,20)14-7-3-1-5-12(14)9-21-16(24)11-23-15-8-4-2-6-13(15)10-22-23/h2,4,6,8,10,12,14H,1,3,5,7,9,11H2,(H,21,24). The Hall–Kier alpha value is -2.05. The van der Waals surface area contributed by atoms with E-state index in [2.05, 4.69) is 10.4 Å². The Balaban J connectivity index is 1.59. The summed E-state index contributed by atoms with van der Waals surface area (Å²) in [6.07, 6.45) is -0.453. The maximum atomic E-state index is 13.1. The molecule has 2 aromatic rings. The van der Waals surface area contributed by atoms with Gasteiger partial charge in [-0.1, -0.05) is 31.0 Å². The highest BCUT2D eigenvalue weighted by molar-refractivity contribution is 5.81. The lowest BCUT2D eigenvalue weighted by Gasteiger charge is -2.33. The monoisotopic (exact) mass is 339 g/mol. The number of nitrogens with one attached hydrogen (secondary N) is 1. The number of fused-ring (bicyclic) bond motifs is 1. The Labute approximate surface area is 138 Å². The minimum Gasteiger partial charge on any atom is -0.354 e. The number of rotatable bonds is 4. The third-order valence-electron chi connectivity index (χ3n) is 4.74. The van der Waals surface area contributed by atoms with Crippen molar-refractivity contribution < 1.29 is 18.0 Å². The van der Waals surface area contributed by atoms with Crippen LogP contribution in [-0.2, 0) is 11.3 Å². The van der Waals surface area contributed by atoms with Gasteiger partial charge in [0.2, 0.25) is 5.91 Å². The number of carbonyl (C=O) groups is 1. The first kappa shape index (κ1) is 16.8. The van der Waals surface area contributed by atoms with Crippen LogP contribution in [0.15, 0.2) is 30.5 Å². The van der Waals surface area contributed by atoms with E-state index in [0.29, 0.717) is 12.8 Å². The summed E-state index contributed by atoms with van der Waals surface area (Å²) in [6.45, 7) is 0.0825. The van der Waals surface area contributed by atoms with E-state index in [-0.39, 0.29) is 25.4 Å². The molecule has 1 aliphatic carbocycles. The SMILES string of the molecule is O=C(Cn1ncc2ccccc21)NCC1CCCCC1C(F)(F)F. The van der Waals surface area contributed by atoms with Gasteiger partial charge in [0.15, 0.2) is 0 Å². The highest BCUT2D eigenvalue weighted by Crippen LogP contribution is 2.41. The summed E-state index contributed by atoms with van der Waals surface area (Å²) >= 11 is 0. The third-order valence-corrected chi connectivity index (χ3v) is 4.74. The lowest BCUT2D eigenvalue weighted by Crippen LogP contribution is -2.41. The van der Waals surface area contributed by atoms with Crippen molar-refractivity contribution in [3.63, 3.8) is 0 Å². The molecule has 1 aliphatic rings. The molecule has 2 unspecified atom stereocenters. The van der Waals surface area contributed by atoms with Gasteiger partial charge in [-0.25, -0.2) is 0 Å². The minimum atomic E-state index is -4.19. The second kappa shape index (κ2) is 6.83. The van der Waals surface area contributed by atoms with Gasteiger partial charge in [-0.3, -0.25) is 9.48 Å². The first-order valence-corrected chi connectivity index (χ1v) is 8.19. The van der Waals surface area contributed by atoms with Crippen LogP contribution in [0.1, 0.15) is 25.7 Å². The van der Waals surface area contributed by atoms with Crippen molar-refractivity contribution in [2.45, 2.75) is 38.4 Å². The van der Waals surface area contributed by atoms with Crippen molar-refractivity contribution in [1.29, 1.82) is 0 Å². The molecule has 0 radical (unpaired) electrons. The van der Waals surface area contributed by atoms with Crippen molar-refractivity contribution in [2.75, 3.05) is 6.54 Å². The van der Waals surface area contributed by atoms with E-state index in [1.54, 1.807) is 10.9 Å². The number of para-hydroxylation sites is 1. The number of carbonyl (C=O) groups excluding carboxylic acids is 1. The smallest absolute Gasteiger partial charge is 0.354 e. The van der Waals surface area contributed by atoms with E-state index in [9.17, 15) is 18.0 Å². The number of hydrogen-bond donors (Lipinski definition) is 1. The number of hydrogen-bond acceptors (Lipinski definition) is 2. The van der Waals surface area contributed by atoms with Crippen molar-refractivity contribution in [2.24, 2.45) is 11.8 Å². The molecule has 1 fully saturated rings. The molecule has 1 aromatic carbocycles. The van der Waals surface area contributed by atoms with E-state index in [1.165, 1.54) is 0 Å². The molecule has 2 atom stereocenters. The molecular weight excluding hydrogens is 319 g/mol. The lowest BCUT2D eigenvalue weighted by molar-refractivity contribution is -0.195. The summed E-state index contributed by atoms with van der Waals surface area (Å²) in [6, 6.07) is 7.49. The summed E-state index contributed by atoms with van der Waals surface area (Å²) in [5.74, 6) is -2.15. The van der Waals surface area contributed by atoms with Crippen LogP contribution in [-0.4, -0.2) is 28.4 Å². The van der Waals surface area contributed by atoms with Crippen molar-refractivity contribution in [1.82, 2.24) is 15.1 Å². The Morgan fingerprint density at radius 2 is 2.00 bits per heavy atom. The minimum absolute atomic E-state index is 0.0108. The van der Waals surface area contributed by atoms with Crippen LogP contribution >= 0.6 is 0 Å². The molecule has 24 heavy (non-hydrogen) atoms. The van der Waals surface area contributed by atoms with Crippen molar-refractivity contribution in [3.8, 4) is 0 Å². The topological polar surface area (TPSA) is 46.9 Å². The molecular formula is C17H20F3N3O. The molecule has 0 saturated heterocycles. The molecule has 0 bridgehead atoms. The number of amides is 1. The second-order valence-electron chi connectivity index (χ2n) is 6.36. The quantitative estimate of drug-likeness (QED) is 0.926. The van der Waals surface area contributed by atoms with Crippen LogP contribution < -0.4 is 5.32 Å². The molecule has 3 rings (SSSR count). The Kier molecular flexibility index (Phi) is 4.78. The molecule has 1 N–H and O–H groups in total. The van der Waals surface area contributed by atoms with E-state index in [0.717, 1.165) is 17.3 Å². The molecule has 1 aromatic heterocycles. The summed E-state index contributed by atoms with van der Waals surface area (Å²) < 4.78 is 40.8. The van der Waals surface area contributed by atoms with Gasteiger partial charge in [0, 0.05) is 11.9 Å². The number of benzene rings is 1. The Morgan fingerprint density at radius 3 is 2.79 bits per heavy atom. The number of alkyl halides is 3. The van der Waals surface area contributed by atoms with Crippen LogP contribution in [0, 0.1) is 11.8 Å². The molecule has 1 amide bonds. The average molecular weight is 339 g/mol. The molecule has 0 aliphatic heterocycles. The maximum Gasteiger partial charge on any atom is 0.392 e. The fourth-order valence-electron chi connectivity index (χ4n) is 3.47. The van der Waals surface area contributed by atoms with Crippen LogP contribution in [0.4, 0.5) is 13.2 Å². The van der Waals surface area contributed by atoms with Gasteiger partial charge in [-0.05, 0) is 24.8 Å². The number of nitrogens with zero attached hydrogens (tertiary/aromatic N) is 2. The first-order valence-electron chi connectivity index (χ1n) is 8.19. The van der Waals surface area contributed by atoms with Crippen LogP contribution in [0.2, 0.25) is 0 Å². The fraction of sp³-hybridized carbons (Fsp3) is 0.529. The third kappa shape index (κ3) is 3.71. The summed E-state index contributed by atoms with van der Waals surface area (Å²) in [4.78, 5) is 12.1. The van der Waals surface area contributed by atoms with Gasteiger partial charge in [0.1, 0.15) is 6.54 Å². The van der Waals surface area contributed by atoms with Crippen LogP contribution in [0.5, 0.6) is 0 Å². The second-order valence-corrected chi connectivity index (χ2v) is 6.36. The molecule has 1 heterocycles. The number of halogens is 3. The molecule has 4 nitrogen and oxygen atoms in total. The molecule has 7 heteroatoms. The fourth-order valence-corrected chi connectivity index (χ4v) is 3.47. The van der Waals surface area contributed by atoms with Gasteiger partial charge in [0.25, 0.3) is 0 Å². The van der Waals surface area contributed by atoms with Crippen molar-refractivity contribution >= 4 is 16.8 Å². The van der Waals surface area contributed by atoms with E-state index in [1.807, 2.05) is 24.3 Å². The Bertz CT molecular complexity index is 710. The summed E-state index contributed by atoms with van der Waals surface area (Å²) in [5.41, 5.74) is 0.832. The first-order chi connectivity index (χ1) is 11.4. The summed E-state index contributed by atoms with van der Waals surface area (Å²) in [7, 11) is 0. The van der Waals surface area contributed by atoms with Crippen molar-refractivity contribution in [3.05, 3.63) is 30.5 Å². The van der Waals surface area contributed by atoms with Gasteiger partial charge < -0.3 is 5.32 Å². The maximum absolute atomic E-state index is 13.1. The predicted molar refractivity (Wildman–Crippen MR) is 84.2 cm³/mol. The van der Waals surface area contributed by atoms with Gasteiger partial charge >= 0.3 is 6.18 Å². The van der Waals surface area contributed by atoms with E-state index >= 15 is 0 Å². The predicted octanol–water partition coefficient (Wildman–Crippen LogP) is 3.52. The molecule has 1 saturated carbocycles. The van der Waals surface area contributed by atoms with E-state index in [4.69, 9.17) is 0 Å². The van der Waals surface area contributed by atoms with Gasteiger partial charge in [-0.15, -0.1) is 0 Å². The zero-order valence-electron chi connectivity index (χ0n) is 13.2. The highest BCUT2D eigenvalue weighted by atomic mass is 19.4. The lowest BCUT2D eigenvalue weighted by atomic mass is 9.78. The Morgan fingerprint density at radius 1 is 1.25 bits per heavy atom. The molecule has 0 spiro atoms. The average Bonchev–Trinajstić information content (AvgIpc) is 2.95. The van der Waals surface area contributed by atoms with Gasteiger partial charge in [-0.2, -0.15) is 18.3 Å². The zero-order chi connectivity index (χ0) is 17.2. The van der Waals surface area contributed by atoms with E-state index < -0.39 is 18.0 Å². The van der Waals surface area contributed by atoms with Crippen LogP contribution in [0.25, 0.3) is 10.9 Å². The largest absolute Gasteiger partial charge is 0.392 e. The van der Waals surface area contributed by atoms with Crippen LogP contribution in [0.3, 0.4) is 0 Å². The normalized spacial score (nSPS) is 21.8.